The van der Waals surface area contributed by atoms with Crippen molar-refractivity contribution in [3.05, 3.63) is 0 Å². The highest BCUT2D eigenvalue weighted by atomic mass is 16.2. The monoisotopic (exact) mass is 184 g/mol. The summed E-state index contributed by atoms with van der Waals surface area (Å²) in [5, 5.41) is 2.76. The lowest BCUT2D eigenvalue weighted by Crippen LogP contribution is -2.40. The van der Waals surface area contributed by atoms with Crippen molar-refractivity contribution in [1.82, 2.24) is 10.2 Å². The van der Waals surface area contributed by atoms with E-state index in [9.17, 15) is 9.59 Å². The van der Waals surface area contributed by atoms with Gasteiger partial charge in [-0.15, -0.1) is 0 Å². The maximum atomic E-state index is 11.2. The summed E-state index contributed by atoms with van der Waals surface area (Å²) in [6.45, 7) is 4.76. The molecule has 0 spiro atoms. The average molecular weight is 184 g/mol. The normalized spacial score (nSPS) is 16.8. The molecule has 1 N–H and O–H groups in total. The minimum absolute atomic E-state index is 0.0646. The molecular weight excluding hydrogens is 168 g/mol. The van der Waals surface area contributed by atoms with Gasteiger partial charge in [-0.3, -0.25) is 9.59 Å². The van der Waals surface area contributed by atoms with Crippen LogP contribution < -0.4 is 5.32 Å². The molecule has 13 heavy (non-hydrogen) atoms. The van der Waals surface area contributed by atoms with Crippen molar-refractivity contribution < 1.29 is 9.59 Å². The van der Waals surface area contributed by atoms with Gasteiger partial charge in [0.2, 0.25) is 11.8 Å². The molecule has 0 aromatic heterocycles. The fourth-order valence-electron chi connectivity index (χ4n) is 1.41. The summed E-state index contributed by atoms with van der Waals surface area (Å²) in [5.41, 5.74) is 0. The van der Waals surface area contributed by atoms with Crippen molar-refractivity contribution in [3.8, 4) is 0 Å². The predicted octanol–water partition coefficient (Wildman–Crippen LogP) is 0.133. The van der Waals surface area contributed by atoms with Crippen molar-refractivity contribution in [3.63, 3.8) is 0 Å². The SMILES string of the molecule is CC(C)NC(=O)CN1CCCC1=O. The second-order valence-electron chi connectivity index (χ2n) is 3.64. The highest BCUT2D eigenvalue weighted by molar-refractivity contribution is 5.85. The van der Waals surface area contributed by atoms with Crippen molar-refractivity contribution >= 4 is 11.8 Å². The number of nitrogens with one attached hydrogen (secondary N) is 1. The molecule has 0 unspecified atom stereocenters. The molecular formula is C9H16N2O2. The number of nitrogens with zero attached hydrogens (tertiary/aromatic N) is 1. The second kappa shape index (κ2) is 4.25. The zero-order chi connectivity index (χ0) is 9.84. The van der Waals surface area contributed by atoms with E-state index in [1.807, 2.05) is 13.8 Å². The Morgan fingerprint density at radius 2 is 2.31 bits per heavy atom. The van der Waals surface area contributed by atoms with Crippen LogP contribution >= 0.6 is 0 Å². The third-order valence-electron chi connectivity index (χ3n) is 1.96. The first kappa shape index (κ1) is 10.0. The highest BCUT2D eigenvalue weighted by Gasteiger charge is 2.22. The van der Waals surface area contributed by atoms with Gasteiger partial charge in [-0.1, -0.05) is 0 Å². The Morgan fingerprint density at radius 1 is 1.62 bits per heavy atom. The van der Waals surface area contributed by atoms with Gasteiger partial charge >= 0.3 is 0 Å². The lowest BCUT2D eigenvalue weighted by atomic mass is 10.4. The summed E-state index contributed by atoms with van der Waals surface area (Å²) in [6.07, 6.45) is 1.47. The molecule has 0 aromatic rings. The number of hydrogen-bond donors (Lipinski definition) is 1. The first-order valence-electron chi connectivity index (χ1n) is 4.66. The van der Waals surface area contributed by atoms with Crippen LogP contribution in [0.15, 0.2) is 0 Å². The van der Waals surface area contributed by atoms with Crippen LogP contribution in [0.3, 0.4) is 0 Å². The number of likely N-dealkylation sites (tertiary alicyclic amines) is 1. The molecule has 1 saturated heterocycles. The molecule has 0 aliphatic carbocycles. The Hall–Kier alpha value is -1.06. The molecule has 0 radical (unpaired) electrons. The number of hydrogen-bond acceptors (Lipinski definition) is 2. The van der Waals surface area contributed by atoms with Gasteiger partial charge in [-0.25, -0.2) is 0 Å². The maximum absolute atomic E-state index is 11.2. The van der Waals surface area contributed by atoms with E-state index in [2.05, 4.69) is 5.32 Å². The largest absolute Gasteiger partial charge is 0.352 e. The molecule has 4 nitrogen and oxygen atoms in total. The smallest absolute Gasteiger partial charge is 0.239 e. The Bertz CT molecular complexity index is 214. The summed E-state index contributed by atoms with van der Waals surface area (Å²) in [7, 11) is 0. The van der Waals surface area contributed by atoms with E-state index in [1.54, 1.807) is 4.90 Å². The summed E-state index contributed by atoms with van der Waals surface area (Å²) in [4.78, 5) is 24.0. The van der Waals surface area contributed by atoms with Gasteiger partial charge in [0.15, 0.2) is 0 Å². The van der Waals surface area contributed by atoms with Crippen LogP contribution in [0.4, 0.5) is 0 Å². The molecule has 0 bridgehead atoms. The number of amides is 2. The van der Waals surface area contributed by atoms with E-state index in [0.717, 1.165) is 13.0 Å². The van der Waals surface area contributed by atoms with E-state index >= 15 is 0 Å². The van der Waals surface area contributed by atoms with E-state index in [1.165, 1.54) is 0 Å². The van der Waals surface area contributed by atoms with Crippen molar-refractivity contribution in [1.29, 1.82) is 0 Å². The van der Waals surface area contributed by atoms with Gasteiger partial charge in [0.1, 0.15) is 0 Å². The van der Waals surface area contributed by atoms with E-state index in [0.29, 0.717) is 6.42 Å². The van der Waals surface area contributed by atoms with Crippen LogP contribution in [0.5, 0.6) is 0 Å². The van der Waals surface area contributed by atoms with Crippen molar-refractivity contribution in [2.24, 2.45) is 0 Å². The molecule has 1 fully saturated rings. The zero-order valence-corrected chi connectivity index (χ0v) is 8.17. The minimum Gasteiger partial charge on any atom is -0.352 e. The van der Waals surface area contributed by atoms with Crippen LogP contribution in [0.25, 0.3) is 0 Å². The number of rotatable bonds is 3. The van der Waals surface area contributed by atoms with Crippen LogP contribution in [-0.4, -0.2) is 35.8 Å². The fourth-order valence-corrected chi connectivity index (χ4v) is 1.41. The van der Waals surface area contributed by atoms with Gasteiger partial charge in [-0.05, 0) is 20.3 Å². The Kier molecular flexibility index (Phi) is 3.28. The highest BCUT2D eigenvalue weighted by Crippen LogP contribution is 2.08. The van der Waals surface area contributed by atoms with Crippen LogP contribution in [0, 0.1) is 0 Å². The number of carbonyl (C=O) groups excluding carboxylic acids is 2. The second-order valence-corrected chi connectivity index (χ2v) is 3.64. The van der Waals surface area contributed by atoms with E-state index < -0.39 is 0 Å². The average Bonchev–Trinajstić information content (AvgIpc) is 2.34. The predicted molar refractivity (Wildman–Crippen MR) is 49.1 cm³/mol. The Balaban J connectivity index is 2.31. The quantitative estimate of drug-likeness (QED) is 0.678. The number of carbonyl (C=O) groups is 2. The van der Waals surface area contributed by atoms with Gasteiger partial charge < -0.3 is 10.2 Å². The summed E-state index contributed by atoms with van der Waals surface area (Å²) in [6, 6.07) is 0.144. The van der Waals surface area contributed by atoms with Crippen LogP contribution in [0.2, 0.25) is 0 Å². The van der Waals surface area contributed by atoms with E-state index in [4.69, 9.17) is 0 Å². The zero-order valence-electron chi connectivity index (χ0n) is 8.17. The minimum atomic E-state index is -0.0646. The van der Waals surface area contributed by atoms with Gasteiger partial charge in [0.25, 0.3) is 0 Å². The van der Waals surface area contributed by atoms with Crippen LogP contribution in [-0.2, 0) is 9.59 Å². The maximum Gasteiger partial charge on any atom is 0.239 e. The first-order valence-corrected chi connectivity index (χ1v) is 4.66. The lowest BCUT2D eigenvalue weighted by molar-refractivity contribution is -0.133. The molecule has 1 rings (SSSR count). The van der Waals surface area contributed by atoms with Crippen LogP contribution in [0.1, 0.15) is 26.7 Å². The molecule has 0 aromatic carbocycles. The Labute approximate surface area is 78.3 Å². The molecule has 4 heteroatoms. The topological polar surface area (TPSA) is 49.4 Å². The fraction of sp³-hybridized carbons (Fsp3) is 0.778. The molecule has 1 heterocycles. The molecule has 0 saturated carbocycles. The lowest BCUT2D eigenvalue weighted by Gasteiger charge is -2.16. The molecule has 1 aliphatic rings. The van der Waals surface area contributed by atoms with E-state index in [-0.39, 0.29) is 24.4 Å². The van der Waals surface area contributed by atoms with Crippen molar-refractivity contribution in [2.75, 3.05) is 13.1 Å². The molecule has 1 aliphatic heterocycles. The van der Waals surface area contributed by atoms with Gasteiger partial charge in [-0.2, -0.15) is 0 Å². The Morgan fingerprint density at radius 3 is 2.77 bits per heavy atom. The summed E-state index contributed by atoms with van der Waals surface area (Å²) in [5.74, 6) is 0.0316. The van der Waals surface area contributed by atoms with Gasteiger partial charge in [0.05, 0.1) is 6.54 Å². The summed E-state index contributed by atoms with van der Waals surface area (Å²) >= 11 is 0. The molecule has 2 amide bonds. The van der Waals surface area contributed by atoms with Crippen molar-refractivity contribution in [2.45, 2.75) is 32.7 Å². The summed E-state index contributed by atoms with van der Waals surface area (Å²) < 4.78 is 0. The van der Waals surface area contributed by atoms with Gasteiger partial charge in [0, 0.05) is 19.0 Å². The third-order valence-corrected chi connectivity index (χ3v) is 1.96. The molecule has 0 atom stereocenters. The molecule has 74 valence electrons. The first-order chi connectivity index (χ1) is 6.09. The third kappa shape index (κ3) is 3.05. The standard InChI is InChI=1S/C9H16N2O2/c1-7(2)10-8(12)6-11-5-3-4-9(11)13/h7H,3-6H2,1-2H3,(H,10,12).